The molecule has 0 aromatic carbocycles. The third-order valence-corrected chi connectivity index (χ3v) is 6.75. The maximum atomic E-state index is 8.74. The van der Waals surface area contributed by atoms with Crippen molar-refractivity contribution in [3.63, 3.8) is 0 Å². The van der Waals surface area contributed by atoms with Crippen molar-refractivity contribution in [1.29, 1.82) is 0 Å². The Balaban J connectivity index is -0.000000208. The van der Waals surface area contributed by atoms with Crippen LogP contribution in [0.15, 0.2) is 0 Å². The Hall–Kier alpha value is 0.224. The van der Waals surface area contributed by atoms with Crippen molar-refractivity contribution in [2.24, 2.45) is 0 Å². The second-order valence-corrected chi connectivity index (χ2v) is 16.0. The zero-order chi connectivity index (χ0) is 12.2. The van der Waals surface area contributed by atoms with E-state index < -0.39 is 26.9 Å². The van der Waals surface area contributed by atoms with E-state index in [1.807, 2.05) is 0 Å². The number of hydrogen-bond acceptors (Lipinski definition) is 4. The van der Waals surface area contributed by atoms with Gasteiger partial charge < -0.3 is 10.8 Å². The molecular weight excluding hydrogens is 252 g/mol. The van der Waals surface area contributed by atoms with Crippen LogP contribution in [0.3, 0.4) is 0 Å². The largest absolute Gasteiger partial charge is 0.394 e. The summed E-state index contributed by atoms with van der Waals surface area (Å²) in [4.78, 5) is 0. The van der Waals surface area contributed by atoms with Crippen LogP contribution in [0.1, 0.15) is 0 Å². The molecule has 96 valence electrons. The highest BCUT2D eigenvalue weighted by molar-refractivity contribution is 7.79. The molecule has 6 N–H and O–H groups in total. The molecule has 0 aliphatic rings. The molecule has 0 unspecified atom stereocenters. The highest BCUT2D eigenvalue weighted by Crippen LogP contribution is 2.02. The van der Waals surface area contributed by atoms with Crippen LogP contribution in [0.5, 0.6) is 0 Å². The predicted molar refractivity (Wildman–Crippen MR) is 69.0 cm³/mol. The summed E-state index contributed by atoms with van der Waals surface area (Å²) in [7, 11) is -6.63. The molecule has 0 saturated heterocycles. The number of hydrogen-bond donors (Lipinski definition) is 4. The van der Waals surface area contributed by atoms with Crippen LogP contribution in [-0.2, 0) is 10.4 Å². The molecular formula is C6H24N2O4SSi2. The van der Waals surface area contributed by atoms with Crippen molar-refractivity contribution in [2.45, 2.75) is 39.3 Å². The van der Waals surface area contributed by atoms with Crippen LogP contribution in [0, 0.1) is 0 Å². The highest BCUT2D eigenvalue weighted by atomic mass is 32.3. The molecule has 0 aliphatic carbocycles. The zero-order valence-corrected chi connectivity index (χ0v) is 13.1. The van der Waals surface area contributed by atoms with Gasteiger partial charge in [-0.25, -0.2) is 0 Å². The number of rotatable bonds is 2. The van der Waals surface area contributed by atoms with Gasteiger partial charge in [-0.3, -0.25) is 9.11 Å². The van der Waals surface area contributed by atoms with E-state index in [9.17, 15) is 0 Å². The summed E-state index contributed by atoms with van der Waals surface area (Å²) in [6, 6.07) is 0. The third-order valence-electron chi connectivity index (χ3n) is 0.750. The van der Waals surface area contributed by atoms with Gasteiger partial charge in [-0.1, -0.05) is 39.3 Å². The van der Waals surface area contributed by atoms with Gasteiger partial charge in [-0.15, -0.1) is 0 Å². The standard InChI is InChI=1S/C6H19NSi2.H3N.H2O4S/c1-8(2,3)7-9(4,5)6;;1-5(2,3)4/h7H,1-6H3;1H3;(H2,1,2,3,4). The quantitative estimate of drug-likeness (QED) is 0.450. The van der Waals surface area contributed by atoms with Crippen molar-refractivity contribution in [3.8, 4) is 0 Å². The fourth-order valence-corrected chi connectivity index (χ4v) is 10.1. The van der Waals surface area contributed by atoms with Crippen molar-refractivity contribution < 1.29 is 17.5 Å². The fraction of sp³-hybridized carbons (Fsp3) is 1.00. The summed E-state index contributed by atoms with van der Waals surface area (Å²) in [6.07, 6.45) is 0. The Kier molecular flexibility index (Phi) is 9.25. The van der Waals surface area contributed by atoms with E-state index in [0.717, 1.165) is 0 Å². The van der Waals surface area contributed by atoms with E-state index in [2.05, 4.69) is 43.9 Å². The fourth-order valence-electron chi connectivity index (χ4n) is 1.12. The maximum absolute atomic E-state index is 8.74. The molecule has 0 fully saturated rings. The number of nitrogens with one attached hydrogen (secondary N) is 1. The summed E-state index contributed by atoms with van der Waals surface area (Å²) in [5.41, 5.74) is 0. The first-order chi connectivity index (χ1) is 5.71. The summed E-state index contributed by atoms with van der Waals surface area (Å²) in [6.45, 7) is 14.1. The summed E-state index contributed by atoms with van der Waals surface area (Å²) in [5.74, 6) is 0. The van der Waals surface area contributed by atoms with Crippen LogP contribution < -0.4 is 10.8 Å². The van der Waals surface area contributed by atoms with Gasteiger partial charge in [0.1, 0.15) is 16.5 Å². The predicted octanol–water partition coefficient (Wildman–Crippen LogP) is 1.75. The molecule has 9 heteroatoms. The van der Waals surface area contributed by atoms with Gasteiger partial charge in [0.25, 0.3) is 0 Å². The van der Waals surface area contributed by atoms with Gasteiger partial charge in [-0.05, 0) is 0 Å². The van der Waals surface area contributed by atoms with E-state index in [-0.39, 0.29) is 6.15 Å². The maximum Gasteiger partial charge on any atom is 0.394 e. The lowest BCUT2D eigenvalue weighted by Gasteiger charge is -2.28. The topological polar surface area (TPSA) is 122 Å². The van der Waals surface area contributed by atoms with Gasteiger partial charge in [0.2, 0.25) is 0 Å². The Morgan fingerprint density at radius 2 is 1.00 bits per heavy atom. The van der Waals surface area contributed by atoms with Crippen LogP contribution >= 0.6 is 0 Å². The van der Waals surface area contributed by atoms with Crippen molar-refractivity contribution in [2.75, 3.05) is 0 Å². The third kappa shape index (κ3) is 54.9. The van der Waals surface area contributed by atoms with Gasteiger partial charge in [-0.2, -0.15) is 8.42 Å². The highest BCUT2D eigenvalue weighted by Gasteiger charge is 2.22. The molecule has 6 nitrogen and oxygen atoms in total. The molecule has 0 rings (SSSR count). The molecule has 0 aliphatic heterocycles. The first-order valence-corrected chi connectivity index (χ1v) is 12.6. The molecule has 0 aromatic rings. The minimum atomic E-state index is -4.67. The molecule has 0 atom stereocenters. The molecule has 0 saturated carbocycles. The van der Waals surface area contributed by atoms with Gasteiger partial charge in [0.05, 0.1) is 0 Å². The van der Waals surface area contributed by atoms with Crippen molar-refractivity contribution in [1.82, 2.24) is 10.8 Å². The molecule has 0 radical (unpaired) electrons. The van der Waals surface area contributed by atoms with Crippen molar-refractivity contribution >= 4 is 26.9 Å². The average molecular weight is 277 g/mol. The first-order valence-electron chi connectivity index (χ1n) is 4.20. The second-order valence-electron chi connectivity index (χ2n) is 5.07. The molecule has 0 aromatic heterocycles. The van der Waals surface area contributed by atoms with Crippen LogP contribution in [0.4, 0.5) is 0 Å². The Labute approximate surface area is 94.8 Å². The summed E-state index contributed by atoms with van der Waals surface area (Å²) in [5, 5.41) is 0. The van der Waals surface area contributed by atoms with Crippen molar-refractivity contribution in [3.05, 3.63) is 0 Å². The lowest BCUT2D eigenvalue weighted by Crippen LogP contribution is -2.55. The molecule has 0 spiro atoms. The lowest BCUT2D eigenvalue weighted by molar-refractivity contribution is 0.381. The minimum absolute atomic E-state index is 0. The van der Waals surface area contributed by atoms with E-state index in [4.69, 9.17) is 17.5 Å². The van der Waals surface area contributed by atoms with E-state index >= 15 is 0 Å². The van der Waals surface area contributed by atoms with Crippen LogP contribution in [0.25, 0.3) is 0 Å². The summed E-state index contributed by atoms with van der Waals surface area (Å²) < 4.78 is 35.3. The Morgan fingerprint density at radius 3 is 1.00 bits per heavy atom. The molecule has 0 amide bonds. The minimum Gasteiger partial charge on any atom is -0.360 e. The first kappa shape index (κ1) is 20.6. The monoisotopic (exact) mass is 276 g/mol. The van der Waals surface area contributed by atoms with Gasteiger partial charge >= 0.3 is 10.4 Å². The normalized spacial score (nSPS) is 12.3. The zero-order valence-electron chi connectivity index (χ0n) is 10.3. The van der Waals surface area contributed by atoms with E-state index in [1.165, 1.54) is 0 Å². The Bertz CT molecular complexity index is 235. The molecule has 0 heterocycles. The van der Waals surface area contributed by atoms with Gasteiger partial charge in [0.15, 0.2) is 0 Å². The molecule has 15 heavy (non-hydrogen) atoms. The van der Waals surface area contributed by atoms with E-state index in [1.54, 1.807) is 0 Å². The van der Waals surface area contributed by atoms with Crippen LogP contribution in [-0.4, -0.2) is 34.0 Å². The summed E-state index contributed by atoms with van der Waals surface area (Å²) >= 11 is 0. The van der Waals surface area contributed by atoms with Crippen LogP contribution in [0.2, 0.25) is 39.3 Å². The SMILES string of the molecule is C[Si](C)(C)N[Si](C)(C)C.N.O=S(=O)(O)O. The molecule has 0 bridgehead atoms. The average Bonchev–Trinajstić information content (AvgIpc) is 1.42. The van der Waals surface area contributed by atoms with E-state index in [0.29, 0.717) is 0 Å². The lowest BCUT2D eigenvalue weighted by atomic mass is 11.8. The smallest absolute Gasteiger partial charge is 0.360 e. The Morgan fingerprint density at radius 1 is 0.867 bits per heavy atom. The van der Waals surface area contributed by atoms with Gasteiger partial charge in [0, 0.05) is 0 Å². The second kappa shape index (κ2) is 6.73.